The predicted octanol–water partition coefficient (Wildman–Crippen LogP) is 0.934. The number of hydrogen-bond donors (Lipinski definition) is 1. The minimum absolute atomic E-state index is 0.106. The van der Waals surface area contributed by atoms with Gasteiger partial charge in [-0.3, -0.25) is 9.78 Å². The van der Waals surface area contributed by atoms with Crippen molar-refractivity contribution in [2.75, 3.05) is 7.05 Å². The molecule has 0 aromatic carbocycles. The van der Waals surface area contributed by atoms with Crippen LogP contribution in [0.5, 0.6) is 0 Å². The Labute approximate surface area is 69.5 Å². The average Bonchev–Trinajstić information content (AvgIpc) is 2.53. The first kappa shape index (κ1) is 8.36. The number of rotatable bonds is 3. The summed E-state index contributed by atoms with van der Waals surface area (Å²) in [6, 6.07) is -0.115. The van der Waals surface area contributed by atoms with E-state index in [1.54, 1.807) is 18.8 Å². The molecule has 1 atom stereocenters. The first-order chi connectivity index (χ1) is 5.25. The normalized spacial score (nSPS) is 12.9. The Morgan fingerprint density at radius 3 is 3.00 bits per heavy atom. The van der Waals surface area contributed by atoms with Crippen LogP contribution in [-0.4, -0.2) is 23.9 Å². The molecule has 1 heterocycles. The molecule has 1 rings (SSSR count). The molecule has 11 heavy (non-hydrogen) atoms. The third kappa shape index (κ3) is 1.85. The summed E-state index contributed by atoms with van der Waals surface area (Å²) in [6.07, 6.45) is 1.60. The topological polar surface area (TPSA) is 42.0 Å². The second kappa shape index (κ2) is 3.59. The molecule has 3 nitrogen and oxygen atoms in total. The number of thiazole rings is 1. The second-order valence-corrected chi connectivity index (χ2v) is 3.13. The van der Waals surface area contributed by atoms with Crippen molar-refractivity contribution in [1.82, 2.24) is 10.3 Å². The third-order valence-corrected chi connectivity index (χ3v) is 2.29. The van der Waals surface area contributed by atoms with Crippen LogP contribution in [0.25, 0.3) is 0 Å². The van der Waals surface area contributed by atoms with Gasteiger partial charge in [-0.2, -0.15) is 0 Å². The fourth-order valence-corrected chi connectivity index (χ4v) is 1.33. The lowest BCUT2D eigenvalue weighted by Crippen LogP contribution is -2.30. The number of Topliss-reactive ketones (excluding diaryl/α,β-unsaturated/α-hetero) is 1. The summed E-state index contributed by atoms with van der Waals surface area (Å²) in [4.78, 5) is 15.9. The Hall–Kier alpha value is -0.740. The summed E-state index contributed by atoms with van der Waals surface area (Å²) in [5.74, 6) is 0.106. The molecule has 1 N–H and O–H groups in total. The molecule has 60 valence electrons. The summed E-state index contributed by atoms with van der Waals surface area (Å²) < 4.78 is 0. The van der Waals surface area contributed by atoms with Gasteiger partial charge in [-0.25, -0.2) is 0 Å². The van der Waals surface area contributed by atoms with E-state index in [1.807, 2.05) is 6.92 Å². The van der Waals surface area contributed by atoms with Crippen molar-refractivity contribution < 1.29 is 4.79 Å². The van der Waals surface area contributed by atoms with Gasteiger partial charge >= 0.3 is 0 Å². The van der Waals surface area contributed by atoms with Gasteiger partial charge in [0.2, 0.25) is 0 Å². The van der Waals surface area contributed by atoms with E-state index in [2.05, 4.69) is 10.3 Å². The Morgan fingerprint density at radius 2 is 2.55 bits per heavy atom. The maximum atomic E-state index is 11.3. The van der Waals surface area contributed by atoms with Crippen LogP contribution >= 0.6 is 11.3 Å². The van der Waals surface area contributed by atoms with Gasteiger partial charge < -0.3 is 5.32 Å². The molecule has 0 fully saturated rings. The van der Waals surface area contributed by atoms with Gasteiger partial charge in [-0.1, -0.05) is 0 Å². The molecule has 0 spiro atoms. The lowest BCUT2D eigenvalue weighted by molar-refractivity contribution is 0.0959. The second-order valence-electron chi connectivity index (χ2n) is 2.24. The van der Waals surface area contributed by atoms with Gasteiger partial charge in [0, 0.05) is 6.20 Å². The standard InChI is InChI=1S/C7H10N2OS/c1-5(8-2)7(10)6-3-9-4-11-6/h3-5,8H,1-2H3/t5-/m0/s1. The molecule has 0 aliphatic rings. The molecule has 0 saturated heterocycles. The molecule has 0 saturated carbocycles. The molecule has 0 aliphatic carbocycles. The maximum Gasteiger partial charge on any atom is 0.190 e. The number of ketones is 1. The number of hydrogen-bond acceptors (Lipinski definition) is 4. The highest BCUT2D eigenvalue weighted by molar-refractivity contribution is 7.11. The Bertz CT molecular complexity index is 233. The van der Waals surface area contributed by atoms with E-state index in [4.69, 9.17) is 0 Å². The molecule has 1 aromatic rings. The number of carbonyl (C=O) groups is 1. The minimum atomic E-state index is -0.115. The zero-order valence-electron chi connectivity index (χ0n) is 6.50. The molecule has 0 amide bonds. The highest BCUT2D eigenvalue weighted by Crippen LogP contribution is 2.08. The SMILES string of the molecule is CN[C@@H](C)C(=O)c1cncs1. The summed E-state index contributed by atoms with van der Waals surface area (Å²) in [5.41, 5.74) is 1.66. The smallest absolute Gasteiger partial charge is 0.190 e. The third-order valence-electron chi connectivity index (χ3n) is 1.50. The minimum Gasteiger partial charge on any atom is -0.310 e. The molecule has 0 unspecified atom stereocenters. The lowest BCUT2D eigenvalue weighted by atomic mass is 10.2. The Kier molecular flexibility index (Phi) is 2.73. The number of carbonyl (C=O) groups excluding carboxylic acids is 1. The van der Waals surface area contributed by atoms with Crippen molar-refractivity contribution >= 4 is 17.1 Å². The monoisotopic (exact) mass is 170 g/mol. The first-order valence-electron chi connectivity index (χ1n) is 3.35. The summed E-state index contributed by atoms with van der Waals surface area (Å²) in [7, 11) is 1.77. The zero-order valence-corrected chi connectivity index (χ0v) is 7.31. The van der Waals surface area contributed by atoms with Gasteiger partial charge in [-0.05, 0) is 14.0 Å². The first-order valence-corrected chi connectivity index (χ1v) is 4.23. The quantitative estimate of drug-likeness (QED) is 0.686. The summed E-state index contributed by atoms with van der Waals surface area (Å²) in [5, 5.41) is 2.88. The molecule has 0 aliphatic heterocycles. The van der Waals surface area contributed by atoms with Crippen LogP contribution in [0.4, 0.5) is 0 Å². The number of nitrogens with one attached hydrogen (secondary N) is 1. The van der Waals surface area contributed by atoms with Crippen LogP contribution in [0.1, 0.15) is 16.6 Å². The fourth-order valence-electron chi connectivity index (χ4n) is 0.682. The van der Waals surface area contributed by atoms with E-state index in [-0.39, 0.29) is 11.8 Å². The van der Waals surface area contributed by atoms with Gasteiger partial charge in [-0.15, -0.1) is 11.3 Å². The largest absolute Gasteiger partial charge is 0.310 e. The van der Waals surface area contributed by atoms with Gasteiger partial charge in [0.25, 0.3) is 0 Å². The Balaban J connectivity index is 2.70. The summed E-state index contributed by atoms with van der Waals surface area (Å²) in [6.45, 7) is 1.84. The van der Waals surface area contributed by atoms with Crippen molar-refractivity contribution in [3.8, 4) is 0 Å². The van der Waals surface area contributed by atoms with Crippen LogP contribution in [0.2, 0.25) is 0 Å². The maximum absolute atomic E-state index is 11.3. The number of nitrogens with zero attached hydrogens (tertiary/aromatic N) is 1. The molecule has 0 radical (unpaired) electrons. The number of aromatic nitrogens is 1. The van der Waals surface area contributed by atoms with Gasteiger partial charge in [0.05, 0.1) is 16.4 Å². The predicted molar refractivity (Wildman–Crippen MR) is 45.0 cm³/mol. The van der Waals surface area contributed by atoms with Crippen molar-refractivity contribution in [1.29, 1.82) is 0 Å². The van der Waals surface area contributed by atoms with Crippen LogP contribution in [0.15, 0.2) is 11.7 Å². The zero-order chi connectivity index (χ0) is 8.27. The van der Waals surface area contributed by atoms with Crippen molar-refractivity contribution in [2.24, 2.45) is 0 Å². The highest BCUT2D eigenvalue weighted by Gasteiger charge is 2.13. The van der Waals surface area contributed by atoms with Crippen molar-refractivity contribution in [3.05, 3.63) is 16.6 Å². The Morgan fingerprint density at radius 1 is 1.82 bits per heavy atom. The van der Waals surface area contributed by atoms with E-state index < -0.39 is 0 Å². The lowest BCUT2D eigenvalue weighted by Gasteiger charge is -2.05. The van der Waals surface area contributed by atoms with Gasteiger partial charge in [0.15, 0.2) is 5.78 Å². The molecule has 4 heteroatoms. The highest BCUT2D eigenvalue weighted by atomic mass is 32.1. The summed E-state index contributed by atoms with van der Waals surface area (Å²) >= 11 is 1.37. The van der Waals surface area contributed by atoms with E-state index in [0.717, 1.165) is 0 Å². The van der Waals surface area contributed by atoms with E-state index in [1.165, 1.54) is 11.3 Å². The molecular weight excluding hydrogens is 160 g/mol. The fraction of sp³-hybridized carbons (Fsp3) is 0.429. The van der Waals surface area contributed by atoms with Crippen LogP contribution in [0, 0.1) is 0 Å². The molecule has 1 aromatic heterocycles. The van der Waals surface area contributed by atoms with Crippen molar-refractivity contribution in [3.63, 3.8) is 0 Å². The van der Waals surface area contributed by atoms with E-state index >= 15 is 0 Å². The van der Waals surface area contributed by atoms with Crippen molar-refractivity contribution in [2.45, 2.75) is 13.0 Å². The van der Waals surface area contributed by atoms with E-state index in [9.17, 15) is 4.79 Å². The van der Waals surface area contributed by atoms with Crippen LogP contribution < -0.4 is 5.32 Å². The van der Waals surface area contributed by atoms with Crippen LogP contribution in [0.3, 0.4) is 0 Å². The average molecular weight is 170 g/mol. The molecular formula is C7H10N2OS. The van der Waals surface area contributed by atoms with E-state index in [0.29, 0.717) is 4.88 Å². The molecule has 0 bridgehead atoms. The van der Waals surface area contributed by atoms with Gasteiger partial charge in [0.1, 0.15) is 0 Å². The van der Waals surface area contributed by atoms with Crippen LogP contribution in [-0.2, 0) is 0 Å². The number of likely N-dealkylation sites (N-methyl/N-ethyl adjacent to an activating group) is 1.